The van der Waals surface area contributed by atoms with Crippen LogP contribution in [-0.4, -0.2) is 39.7 Å². The van der Waals surface area contributed by atoms with E-state index in [9.17, 15) is 5.11 Å². The normalized spacial score (nSPS) is 16.0. The van der Waals surface area contributed by atoms with Crippen LogP contribution in [0.1, 0.15) is 59.6 Å². The van der Waals surface area contributed by atoms with E-state index in [0.717, 1.165) is 25.1 Å². The van der Waals surface area contributed by atoms with Crippen LogP contribution in [0, 0.1) is 0 Å². The first-order chi connectivity index (χ1) is 9.88. The molecule has 1 heterocycles. The summed E-state index contributed by atoms with van der Waals surface area (Å²) in [4.78, 5) is 6.51. The molecule has 0 amide bonds. The van der Waals surface area contributed by atoms with Crippen molar-refractivity contribution in [2.45, 2.75) is 65.7 Å². The van der Waals surface area contributed by atoms with Crippen LogP contribution in [-0.2, 0) is 0 Å². The maximum atomic E-state index is 10.9. The Morgan fingerprint density at radius 3 is 2.33 bits per heavy atom. The van der Waals surface area contributed by atoms with Crippen molar-refractivity contribution in [1.82, 2.24) is 9.88 Å². The molecule has 0 aliphatic rings. The van der Waals surface area contributed by atoms with E-state index in [4.69, 9.17) is 4.74 Å². The first kappa shape index (κ1) is 17.9. The summed E-state index contributed by atoms with van der Waals surface area (Å²) in [5, 5.41) is 10.9. The van der Waals surface area contributed by atoms with Crippen LogP contribution in [0.25, 0.3) is 0 Å². The molecule has 0 bridgehead atoms. The average Bonchev–Trinajstić information content (AvgIpc) is 2.47. The summed E-state index contributed by atoms with van der Waals surface area (Å²) in [6.45, 7) is 14.3. The van der Waals surface area contributed by atoms with Gasteiger partial charge in [0.25, 0.3) is 0 Å². The third-order valence-corrected chi connectivity index (χ3v) is 4.21. The molecule has 4 heteroatoms. The monoisotopic (exact) mass is 294 g/mol. The van der Waals surface area contributed by atoms with Crippen molar-refractivity contribution in [2.75, 3.05) is 13.1 Å². The molecule has 0 aliphatic heterocycles. The first-order valence-corrected chi connectivity index (χ1v) is 7.93. The standard InChI is InChI=1S/C17H30N2O2/c1-7-17(6,19(8-2)9-3)16(20)14-10-15(12-18-11-14)21-13(4)5/h10-13,16,20H,7-9H2,1-6H3. The number of ether oxygens (including phenoxy) is 1. The van der Waals surface area contributed by atoms with Gasteiger partial charge in [0.2, 0.25) is 0 Å². The molecule has 0 saturated heterocycles. The molecule has 0 aromatic carbocycles. The van der Waals surface area contributed by atoms with Crippen molar-refractivity contribution < 1.29 is 9.84 Å². The Bertz CT molecular complexity index is 433. The van der Waals surface area contributed by atoms with Crippen LogP contribution >= 0.6 is 0 Å². The zero-order valence-corrected chi connectivity index (χ0v) is 14.3. The Morgan fingerprint density at radius 2 is 1.86 bits per heavy atom. The Labute approximate surface area is 129 Å². The summed E-state index contributed by atoms with van der Waals surface area (Å²) in [6.07, 6.45) is 3.79. The Kier molecular flexibility index (Phi) is 6.62. The minimum atomic E-state index is -0.592. The molecule has 1 aromatic heterocycles. The molecular weight excluding hydrogens is 264 g/mol. The molecule has 2 unspecified atom stereocenters. The van der Waals surface area contributed by atoms with Gasteiger partial charge >= 0.3 is 0 Å². The molecule has 0 saturated carbocycles. The minimum Gasteiger partial charge on any atom is -0.489 e. The zero-order valence-electron chi connectivity index (χ0n) is 14.3. The van der Waals surface area contributed by atoms with Gasteiger partial charge in [-0.15, -0.1) is 0 Å². The number of hydrogen-bond acceptors (Lipinski definition) is 4. The van der Waals surface area contributed by atoms with Gasteiger partial charge in [0, 0.05) is 17.3 Å². The molecule has 2 atom stereocenters. The largest absolute Gasteiger partial charge is 0.489 e. The van der Waals surface area contributed by atoms with Gasteiger partial charge in [-0.2, -0.15) is 0 Å². The molecule has 1 rings (SSSR count). The van der Waals surface area contributed by atoms with E-state index in [1.54, 1.807) is 12.4 Å². The van der Waals surface area contributed by atoms with Gasteiger partial charge in [-0.1, -0.05) is 20.8 Å². The zero-order chi connectivity index (χ0) is 16.0. The smallest absolute Gasteiger partial charge is 0.138 e. The second kappa shape index (κ2) is 7.76. The molecule has 21 heavy (non-hydrogen) atoms. The molecule has 0 aliphatic carbocycles. The predicted molar refractivity (Wildman–Crippen MR) is 86.6 cm³/mol. The van der Waals surface area contributed by atoms with E-state index in [1.807, 2.05) is 19.9 Å². The number of rotatable bonds is 8. The fourth-order valence-electron chi connectivity index (χ4n) is 2.82. The molecule has 0 radical (unpaired) electrons. The number of hydrogen-bond donors (Lipinski definition) is 1. The van der Waals surface area contributed by atoms with Crippen LogP contribution in [0.3, 0.4) is 0 Å². The van der Waals surface area contributed by atoms with Crippen molar-refractivity contribution in [3.63, 3.8) is 0 Å². The molecule has 1 N–H and O–H groups in total. The molecule has 0 fully saturated rings. The van der Waals surface area contributed by atoms with Crippen LogP contribution in [0.2, 0.25) is 0 Å². The molecule has 1 aromatic rings. The summed E-state index contributed by atoms with van der Waals surface area (Å²) in [6, 6.07) is 1.90. The highest BCUT2D eigenvalue weighted by atomic mass is 16.5. The fraction of sp³-hybridized carbons (Fsp3) is 0.706. The quantitative estimate of drug-likeness (QED) is 0.798. The number of nitrogens with zero attached hydrogens (tertiary/aromatic N) is 2. The summed E-state index contributed by atoms with van der Waals surface area (Å²) in [7, 11) is 0. The highest BCUT2D eigenvalue weighted by Gasteiger charge is 2.37. The highest BCUT2D eigenvalue weighted by molar-refractivity contribution is 5.27. The van der Waals surface area contributed by atoms with E-state index in [2.05, 4.69) is 37.6 Å². The Balaban J connectivity index is 3.07. The lowest BCUT2D eigenvalue weighted by Crippen LogP contribution is -2.50. The van der Waals surface area contributed by atoms with Crippen molar-refractivity contribution >= 4 is 0 Å². The number of likely N-dealkylation sites (N-methyl/N-ethyl adjacent to an activating group) is 1. The van der Waals surface area contributed by atoms with Crippen LogP contribution < -0.4 is 4.74 Å². The van der Waals surface area contributed by atoms with Crippen molar-refractivity contribution in [3.8, 4) is 5.75 Å². The third-order valence-electron chi connectivity index (χ3n) is 4.21. The van der Waals surface area contributed by atoms with Gasteiger partial charge in [0.1, 0.15) is 5.75 Å². The van der Waals surface area contributed by atoms with Gasteiger partial charge in [-0.25, -0.2) is 0 Å². The van der Waals surface area contributed by atoms with Crippen LogP contribution in [0.5, 0.6) is 5.75 Å². The second-order valence-electron chi connectivity index (χ2n) is 5.91. The van der Waals surface area contributed by atoms with Crippen LogP contribution in [0.15, 0.2) is 18.5 Å². The lowest BCUT2D eigenvalue weighted by atomic mass is 9.85. The van der Waals surface area contributed by atoms with Gasteiger partial charge in [0.05, 0.1) is 18.4 Å². The average molecular weight is 294 g/mol. The fourth-order valence-corrected chi connectivity index (χ4v) is 2.82. The number of aliphatic hydroxyl groups excluding tert-OH is 1. The summed E-state index contributed by atoms with van der Waals surface area (Å²) >= 11 is 0. The van der Waals surface area contributed by atoms with Gasteiger partial charge in [-0.05, 0) is 46.3 Å². The third kappa shape index (κ3) is 4.17. The second-order valence-corrected chi connectivity index (χ2v) is 5.91. The highest BCUT2D eigenvalue weighted by Crippen LogP contribution is 2.34. The van der Waals surface area contributed by atoms with Gasteiger partial charge in [-0.3, -0.25) is 9.88 Å². The topological polar surface area (TPSA) is 45.6 Å². The van der Waals surface area contributed by atoms with E-state index < -0.39 is 6.10 Å². The first-order valence-electron chi connectivity index (χ1n) is 7.93. The lowest BCUT2D eigenvalue weighted by molar-refractivity contribution is -0.0216. The van der Waals surface area contributed by atoms with Gasteiger partial charge in [0.15, 0.2) is 0 Å². The maximum Gasteiger partial charge on any atom is 0.138 e. The van der Waals surface area contributed by atoms with Crippen molar-refractivity contribution in [1.29, 1.82) is 0 Å². The Morgan fingerprint density at radius 1 is 1.24 bits per heavy atom. The molecule has 0 spiro atoms. The Hall–Kier alpha value is -1.13. The lowest BCUT2D eigenvalue weighted by Gasteiger charge is -2.43. The SMILES string of the molecule is CCN(CC)C(C)(CC)C(O)c1cncc(OC(C)C)c1. The number of pyridine rings is 1. The summed E-state index contributed by atoms with van der Waals surface area (Å²) in [5.74, 6) is 0.708. The molecular formula is C17H30N2O2. The van der Waals surface area contributed by atoms with E-state index in [1.165, 1.54) is 0 Å². The van der Waals surface area contributed by atoms with E-state index >= 15 is 0 Å². The number of aliphatic hydroxyl groups is 1. The minimum absolute atomic E-state index is 0.0968. The van der Waals surface area contributed by atoms with E-state index in [-0.39, 0.29) is 11.6 Å². The summed E-state index contributed by atoms with van der Waals surface area (Å²) in [5.41, 5.74) is 0.506. The maximum absolute atomic E-state index is 10.9. The van der Waals surface area contributed by atoms with Gasteiger partial charge < -0.3 is 9.84 Å². The van der Waals surface area contributed by atoms with Crippen LogP contribution in [0.4, 0.5) is 0 Å². The van der Waals surface area contributed by atoms with Crippen molar-refractivity contribution in [3.05, 3.63) is 24.0 Å². The molecule has 120 valence electrons. The summed E-state index contributed by atoms with van der Waals surface area (Å²) < 4.78 is 5.68. The molecule has 4 nitrogen and oxygen atoms in total. The number of aromatic nitrogens is 1. The van der Waals surface area contributed by atoms with E-state index in [0.29, 0.717) is 5.75 Å². The predicted octanol–water partition coefficient (Wildman–Crippen LogP) is 3.41. The van der Waals surface area contributed by atoms with Crippen molar-refractivity contribution in [2.24, 2.45) is 0 Å².